The fourth-order valence-electron chi connectivity index (χ4n) is 3.04. The number of ketones is 1. The molecule has 1 aromatic heterocycles. The summed E-state index contributed by atoms with van der Waals surface area (Å²) in [4.78, 5) is 37.7. The first-order valence-corrected chi connectivity index (χ1v) is 9.62. The maximum absolute atomic E-state index is 13.2. The number of hydrogen-bond donors (Lipinski definition) is 2. The van der Waals surface area contributed by atoms with Crippen LogP contribution in [-0.2, 0) is 0 Å². The van der Waals surface area contributed by atoms with Gasteiger partial charge in [0.1, 0.15) is 11.6 Å². The number of halogens is 1. The maximum Gasteiger partial charge on any atom is 0.256 e. The van der Waals surface area contributed by atoms with Gasteiger partial charge in [0.05, 0.1) is 11.3 Å². The summed E-state index contributed by atoms with van der Waals surface area (Å²) in [6.45, 7) is 2.59. The molecule has 3 rings (SSSR count). The molecule has 0 bridgehead atoms. The summed E-state index contributed by atoms with van der Waals surface area (Å²) in [5, 5.41) is 2.82. The van der Waals surface area contributed by atoms with Gasteiger partial charge in [0, 0.05) is 23.7 Å². The van der Waals surface area contributed by atoms with Crippen molar-refractivity contribution in [2.24, 2.45) is 0 Å². The van der Waals surface area contributed by atoms with Crippen LogP contribution in [-0.4, -0.2) is 22.8 Å². The van der Waals surface area contributed by atoms with Crippen molar-refractivity contribution in [3.8, 4) is 5.69 Å². The van der Waals surface area contributed by atoms with E-state index >= 15 is 0 Å². The van der Waals surface area contributed by atoms with Gasteiger partial charge in [-0.25, -0.2) is 4.39 Å². The topological polar surface area (TPSA) is 94.2 Å². The Hall–Kier alpha value is -3.74. The monoisotopic (exact) mass is 407 g/mol. The highest BCUT2D eigenvalue weighted by Crippen LogP contribution is 2.20. The van der Waals surface area contributed by atoms with Crippen LogP contribution in [0.2, 0.25) is 0 Å². The number of rotatable bonds is 7. The Balaban J connectivity index is 1.99. The molecular weight excluding hydrogens is 385 g/mol. The highest BCUT2D eigenvalue weighted by molar-refractivity contribution is 6.11. The predicted octanol–water partition coefficient (Wildman–Crippen LogP) is 3.32. The lowest BCUT2D eigenvalue weighted by molar-refractivity contribution is 0.0952. The summed E-state index contributed by atoms with van der Waals surface area (Å²) < 4.78 is 14.3. The lowest BCUT2D eigenvalue weighted by atomic mass is 10.0. The smallest absolute Gasteiger partial charge is 0.256 e. The zero-order valence-corrected chi connectivity index (χ0v) is 16.5. The lowest BCUT2D eigenvalue weighted by Gasteiger charge is -2.14. The van der Waals surface area contributed by atoms with Gasteiger partial charge in [0.15, 0.2) is 5.78 Å². The average Bonchev–Trinajstić information content (AvgIpc) is 2.74. The molecule has 0 radical (unpaired) electrons. The van der Waals surface area contributed by atoms with E-state index in [0.29, 0.717) is 17.8 Å². The van der Waals surface area contributed by atoms with Crippen LogP contribution in [0.5, 0.6) is 0 Å². The van der Waals surface area contributed by atoms with E-state index in [1.54, 1.807) is 24.3 Å². The third-order valence-electron chi connectivity index (χ3n) is 4.66. The number of anilines is 1. The first-order chi connectivity index (χ1) is 14.4. The van der Waals surface area contributed by atoms with Crippen LogP contribution >= 0.6 is 0 Å². The van der Waals surface area contributed by atoms with E-state index in [4.69, 9.17) is 5.73 Å². The third kappa shape index (κ3) is 4.46. The summed E-state index contributed by atoms with van der Waals surface area (Å²) in [5.41, 5.74) is 6.85. The van der Waals surface area contributed by atoms with Crippen LogP contribution in [0.4, 0.5) is 10.2 Å². The zero-order valence-electron chi connectivity index (χ0n) is 16.5. The number of hydrogen-bond acceptors (Lipinski definition) is 4. The van der Waals surface area contributed by atoms with Crippen molar-refractivity contribution in [2.45, 2.75) is 19.8 Å². The molecule has 2 aromatic carbocycles. The van der Waals surface area contributed by atoms with Crippen LogP contribution < -0.4 is 16.6 Å². The van der Waals surface area contributed by atoms with Gasteiger partial charge < -0.3 is 11.1 Å². The molecule has 154 valence electrons. The summed E-state index contributed by atoms with van der Waals surface area (Å²) in [6.07, 6.45) is 1.83. The van der Waals surface area contributed by atoms with Gasteiger partial charge >= 0.3 is 0 Å². The minimum absolute atomic E-state index is 0.0552. The van der Waals surface area contributed by atoms with Gasteiger partial charge in [0.25, 0.3) is 11.5 Å². The highest BCUT2D eigenvalue weighted by atomic mass is 19.1. The van der Waals surface area contributed by atoms with E-state index in [1.807, 2.05) is 6.92 Å². The number of benzene rings is 2. The fraction of sp³-hybridized carbons (Fsp3) is 0.174. The minimum Gasteiger partial charge on any atom is -0.384 e. The number of nitrogens with one attached hydrogen (secondary N) is 1. The SMILES string of the molecule is CCCCNC(=O)c1cccc(-n2c(N)c(C(=O)c3ccc(F)cc3)ccc2=O)c1. The molecule has 1 amide bonds. The van der Waals surface area contributed by atoms with Crippen LogP contribution in [0.1, 0.15) is 46.0 Å². The third-order valence-corrected chi connectivity index (χ3v) is 4.66. The molecule has 0 saturated heterocycles. The summed E-state index contributed by atoms with van der Waals surface area (Å²) >= 11 is 0. The number of unbranched alkanes of at least 4 members (excludes halogenated alkanes) is 1. The molecular formula is C23H22FN3O3. The summed E-state index contributed by atoms with van der Waals surface area (Å²) in [6, 6.07) is 14.1. The van der Waals surface area contributed by atoms with Gasteiger partial charge in [-0.1, -0.05) is 19.4 Å². The number of carbonyl (C=O) groups is 2. The zero-order chi connectivity index (χ0) is 21.7. The van der Waals surface area contributed by atoms with Crippen LogP contribution in [0.3, 0.4) is 0 Å². The molecule has 0 aliphatic heterocycles. The number of nitrogens with zero attached hydrogens (tertiary/aromatic N) is 1. The first kappa shape index (κ1) is 21.0. The fourth-order valence-corrected chi connectivity index (χ4v) is 3.04. The molecule has 7 heteroatoms. The molecule has 0 unspecified atom stereocenters. The Morgan fingerprint density at radius 3 is 2.47 bits per heavy atom. The average molecular weight is 407 g/mol. The van der Waals surface area contributed by atoms with E-state index in [1.165, 1.54) is 41.0 Å². The van der Waals surface area contributed by atoms with Crippen molar-refractivity contribution in [2.75, 3.05) is 12.3 Å². The normalized spacial score (nSPS) is 10.6. The van der Waals surface area contributed by atoms with E-state index < -0.39 is 17.2 Å². The summed E-state index contributed by atoms with van der Waals surface area (Å²) in [7, 11) is 0. The Kier molecular flexibility index (Phi) is 6.41. The molecule has 6 nitrogen and oxygen atoms in total. The molecule has 0 aliphatic rings. The van der Waals surface area contributed by atoms with Crippen molar-refractivity contribution in [3.05, 3.63) is 93.5 Å². The van der Waals surface area contributed by atoms with Crippen LogP contribution in [0.25, 0.3) is 5.69 Å². The largest absolute Gasteiger partial charge is 0.384 e. The molecule has 0 fully saturated rings. The molecule has 30 heavy (non-hydrogen) atoms. The molecule has 1 heterocycles. The number of nitrogen functional groups attached to an aromatic ring is 1. The quantitative estimate of drug-likeness (QED) is 0.464. The van der Waals surface area contributed by atoms with Gasteiger partial charge in [-0.05, 0) is 55.0 Å². The Morgan fingerprint density at radius 2 is 1.77 bits per heavy atom. The van der Waals surface area contributed by atoms with Crippen LogP contribution in [0.15, 0.2) is 65.5 Å². The van der Waals surface area contributed by atoms with E-state index in [-0.39, 0.29) is 22.9 Å². The number of aromatic nitrogens is 1. The standard InChI is InChI=1S/C23H22FN3O3/c1-2-3-13-26-23(30)16-5-4-6-18(14-16)27-20(28)12-11-19(22(27)25)21(29)15-7-9-17(24)10-8-15/h4-12,14H,2-3,13,25H2,1H3,(H,26,30). The molecule has 3 N–H and O–H groups in total. The highest BCUT2D eigenvalue weighted by Gasteiger charge is 2.17. The van der Waals surface area contributed by atoms with Gasteiger partial charge in [-0.3, -0.25) is 19.0 Å². The van der Waals surface area contributed by atoms with Crippen molar-refractivity contribution in [1.29, 1.82) is 0 Å². The van der Waals surface area contributed by atoms with E-state index in [0.717, 1.165) is 12.8 Å². The minimum atomic E-state index is -0.460. The number of pyridine rings is 1. The molecule has 0 aliphatic carbocycles. The Labute approximate surface area is 173 Å². The van der Waals surface area contributed by atoms with Crippen molar-refractivity contribution >= 4 is 17.5 Å². The van der Waals surface area contributed by atoms with E-state index in [2.05, 4.69) is 5.32 Å². The van der Waals surface area contributed by atoms with Crippen molar-refractivity contribution in [1.82, 2.24) is 9.88 Å². The second-order valence-electron chi connectivity index (χ2n) is 6.80. The number of nitrogens with two attached hydrogens (primary N) is 1. The van der Waals surface area contributed by atoms with Crippen molar-refractivity contribution < 1.29 is 14.0 Å². The lowest BCUT2D eigenvalue weighted by Crippen LogP contribution is -2.26. The molecule has 0 spiro atoms. The number of amides is 1. The first-order valence-electron chi connectivity index (χ1n) is 9.62. The second-order valence-corrected chi connectivity index (χ2v) is 6.80. The molecule has 3 aromatic rings. The van der Waals surface area contributed by atoms with Crippen molar-refractivity contribution in [3.63, 3.8) is 0 Å². The number of carbonyl (C=O) groups excluding carboxylic acids is 2. The molecule has 0 atom stereocenters. The van der Waals surface area contributed by atoms with Crippen LogP contribution in [0, 0.1) is 5.82 Å². The summed E-state index contributed by atoms with van der Waals surface area (Å²) in [5.74, 6) is -1.20. The second kappa shape index (κ2) is 9.17. The van der Waals surface area contributed by atoms with Gasteiger partial charge in [-0.15, -0.1) is 0 Å². The molecule has 0 saturated carbocycles. The maximum atomic E-state index is 13.2. The van der Waals surface area contributed by atoms with E-state index in [9.17, 15) is 18.8 Å². The Morgan fingerprint density at radius 1 is 1.03 bits per heavy atom. The van der Waals surface area contributed by atoms with Gasteiger partial charge in [-0.2, -0.15) is 0 Å². The Bertz CT molecular complexity index is 1140. The predicted molar refractivity (Wildman–Crippen MR) is 114 cm³/mol. The van der Waals surface area contributed by atoms with Gasteiger partial charge in [0.2, 0.25) is 0 Å².